The van der Waals surface area contributed by atoms with Crippen LogP contribution < -0.4 is 0 Å². The Bertz CT molecular complexity index is 655. The molecular formula is C19H18Cl2Zr. The number of fused-ring (bicyclic) bond motifs is 2. The van der Waals surface area contributed by atoms with E-state index in [1.807, 2.05) is 0 Å². The number of halogens is 2. The molecule has 0 bridgehead atoms. The van der Waals surface area contributed by atoms with E-state index in [1.165, 1.54) is 22.3 Å². The molecule has 0 aliphatic heterocycles. The normalized spacial score (nSPS) is 13.6. The van der Waals surface area contributed by atoms with Gasteiger partial charge in [0.05, 0.1) is 0 Å². The zero-order chi connectivity index (χ0) is 12.7. The van der Waals surface area contributed by atoms with Gasteiger partial charge in [0.2, 0.25) is 0 Å². The van der Waals surface area contributed by atoms with Crippen molar-refractivity contribution in [3.8, 4) is 0 Å². The van der Waals surface area contributed by atoms with Gasteiger partial charge in [0.15, 0.2) is 0 Å². The van der Waals surface area contributed by atoms with Gasteiger partial charge in [0, 0.05) is 26.2 Å². The van der Waals surface area contributed by atoms with Crippen LogP contribution in [0.2, 0.25) is 0 Å². The van der Waals surface area contributed by atoms with Crippen LogP contribution >= 0.6 is 24.8 Å². The Labute approximate surface area is 163 Å². The number of hydrogen-bond donors (Lipinski definition) is 0. The van der Waals surface area contributed by atoms with Crippen LogP contribution in [0.25, 0.3) is 12.2 Å². The van der Waals surface area contributed by atoms with E-state index in [2.05, 4.69) is 60.7 Å². The van der Waals surface area contributed by atoms with E-state index in [0.29, 0.717) is 0 Å². The molecule has 112 valence electrons. The molecule has 0 atom stereocenters. The molecule has 22 heavy (non-hydrogen) atoms. The minimum absolute atomic E-state index is 0. The van der Waals surface area contributed by atoms with Crippen molar-refractivity contribution in [1.29, 1.82) is 0 Å². The smallest absolute Gasteiger partial charge is 0 e. The van der Waals surface area contributed by atoms with Gasteiger partial charge >= 0.3 is 0 Å². The van der Waals surface area contributed by atoms with E-state index in [1.54, 1.807) is 11.1 Å². The quantitative estimate of drug-likeness (QED) is 0.616. The Morgan fingerprint density at radius 1 is 0.636 bits per heavy atom. The molecule has 0 radical (unpaired) electrons. The molecule has 2 aromatic carbocycles. The molecule has 0 N–H and O–H groups in total. The maximum Gasteiger partial charge on any atom is 0 e. The number of rotatable bonds is 2. The number of allylic oxidation sites excluding steroid dienone is 2. The minimum atomic E-state index is 0. The molecule has 0 saturated heterocycles. The van der Waals surface area contributed by atoms with E-state index < -0.39 is 0 Å². The average Bonchev–Trinajstić information content (AvgIpc) is 3.00. The predicted octanol–water partition coefficient (Wildman–Crippen LogP) is 5.50. The van der Waals surface area contributed by atoms with Crippen molar-refractivity contribution in [2.45, 2.75) is 19.3 Å². The Morgan fingerprint density at radius 3 is 1.45 bits per heavy atom. The summed E-state index contributed by atoms with van der Waals surface area (Å²) >= 11 is 0. The van der Waals surface area contributed by atoms with Crippen LogP contribution in [0, 0.1) is 0 Å². The third-order valence-corrected chi connectivity index (χ3v) is 4.12. The first-order valence-corrected chi connectivity index (χ1v) is 6.93. The van der Waals surface area contributed by atoms with Crippen LogP contribution in [0.15, 0.2) is 59.7 Å². The van der Waals surface area contributed by atoms with E-state index in [9.17, 15) is 0 Å². The van der Waals surface area contributed by atoms with Crippen LogP contribution in [0.4, 0.5) is 0 Å². The summed E-state index contributed by atoms with van der Waals surface area (Å²) in [5, 5.41) is 0. The average molecular weight is 408 g/mol. The van der Waals surface area contributed by atoms with Gasteiger partial charge in [-0.3, -0.25) is 0 Å². The minimum Gasteiger partial charge on any atom is -0.147 e. The zero-order valence-corrected chi connectivity index (χ0v) is 16.3. The van der Waals surface area contributed by atoms with Gasteiger partial charge in [-0.05, 0) is 41.5 Å². The number of benzene rings is 2. The SMILES string of the molecule is C1=C(CC2=Cc3ccccc3C2)Cc2ccccc21.Cl.Cl.[Zr]. The molecule has 4 rings (SSSR count). The van der Waals surface area contributed by atoms with Crippen molar-refractivity contribution in [1.82, 2.24) is 0 Å². The van der Waals surface area contributed by atoms with E-state index in [-0.39, 0.29) is 51.0 Å². The van der Waals surface area contributed by atoms with Crippen LogP contribution in [0.3, 0.4) is 0 Å². The van der Waals surface area contributed by atoms with Crippen LogP contribution in [0.1, 0.15) is 28.7 Å². The Hall–Kier alpha value is -0.617. The first-order valence-electron chi connectivity index (χ1n) is 6.93. The maximum absolute atomic E-state index is 2.37. The molecule has 0 heterocycles. The second-order valence-electron chi connectivity index (χ2n) is 5.53. The van der Waals surface area contributed by atoms with Crippen LogP contribution in [-0.4, -0.2) is 0 Å². The summed E-state index contributed by atoms with van der Waals surface area (Å²) in [6.07, 6.45) is 8.13. The number of hydrogen-bond acceptors (Lipinski definition) is 0. The van der Waals surface area contributed by atoms with E-state index >= 15 is 0 Å². The van der Waals surface area contributed by atoms with Crippen molar-refractivity contribution < 1.29 is 26.2 Å². The topological polar surface area (TPSA) is 0 Å². The molecule has 0 nitrogen and oxygen atoms in total. The van der Waals surface area contributed by atoms with Crippen molar-refractivity contribution in [3.63, 3.8) is 0 Å². The van der Waals surface area contributed by atoms with Gasteiger partial charge in [0.1, 0.15) is 0 Å². The Morgan fingerprint density at radius 2 is 1.05 bits per heavy atom. The first-order chi connectivity index (χ1) is 9.38. The predicted molar refractivity (Wildman–Crippen MR) is 95.4 cm³/mol. The first kappa shape index (κ1) is 19.4. The summed E-state index contributed by atoms with van der Waals surface area (Å²) in [6, 6.07) is 17.5. The molecule has 0 saturated carbocycles. The standard InChI is InChI=1S/C19H16.2ClH.Zr/c1-2-6-17-11-14(10-16(17)5-1)9-15-12-18-7-3-4-8-19(18)13-15;;;/h1-8,10,12H,9,11,13H2;2*1H;. The molecule has 2 aliphatic carbocycles. The summed E-state index contributed by atoms with van der Waals surface area (Å²) in [5.74, 6) is 0. The van der Waals surface area contributed by atoms with Crippen molar-refractivity contribution >= 4 is 37.0 Å². The summed E-state index contributed by atoms with van der Waals surface area (Å²) in [5.41, 5.74) is 8.89. The molecule has 0 fully saturated rings. The molecule has 0 aromatic heterocycles. The van der Waals surface area contributed by atoms with Gasteiger partial charge in [0.25, 0.3) is 0 Å². The third-order valence-electron chi connectivity index (χ3n) is 4.12. The molecule has 2 aromatic rings. The summed E-state index contributed by atoms with van der Waals surface area (Å²) in [4.78, 5) is 0. The van der Waals surface area contributed by atoms with Crippen molar-refractivity contribution in [2.24, 2.45) is 0 Å². The van der Waals surface area contributed by atoms with E-state index in [0.717, 1.165) is 19.3 Å². The Kier molecular flexibility index (Phi) is 7.33. The van der Waals surface area contributed by atoms with Gasteiger partial charge < -0.3 is 0 Å². The van der Waals surface area contributed by atoms with Gasteiger partial charge in [-0.15, -0.1) is 24.8 Å². The molecule has 3 heteroatoms. The largest absolute Gasteiger partial charge is 0.147 e. The van der Waals surface area contributed by atoms with Crippen molar-refractivity contribution in [2.75, 3.05) is 0 Å². The molecular weight excluding hydrogens is 390 g/mol. The zero-order valence-electron chi connectivity index (χ0n) is 12.2. The molecule has 2 aliphatic rings. The van der Waals surface area contributed by atoms with Gasteiger partial charge in [-0.1, -0.05) is 71.8 Å². The maximum atomic E-state index is 2.37. The van der Waals surface area contributed by atoms with Crippen molar-refractivity contribution in [3.05, 3.63) is 81.9 Å². The molecule has 0 amide bonds. The fourth-order valence-electron chi connectivity index (χ4n) is 3.22. The second-order valence-corrected chi connectivity index (χ2v) is 5.53. The third kappa shape index (κ3) is 3.82. The summed E-state index contributed by atoms with van der Waals surface area (Å²) < 4.78 is 0. The second kappa shape index (κ2) is 8.30. The summed E-state index contributed by atoms with van der Waals surface area (Å²) in [7, 11) is 0. The molecule has 0 spiro atoms. The fourth-order valence-corrected chi connectivity index (χ4v) is 3.22. The Balaban J connectivity index is 0.000000807. The van der Waals surface area contributed by atoms with Gasteiger partial charge in [-0.25, -0.2) is 0 Å². The monoisotopic (exact) mass is 406 g/mol. The van der Waals surface area contributed by atoms with Crippen LogP contribution in [-0.2, 0) is 39.0 Å². The van der Waals surface area contributed by atoms with Crippen LogP contribution in [0.5, 0.6) is 0 Å². The summed E-state index contributed by atoms with van der Waals surface area (Å²) in [6.45, 7) is 0. The fraction of sp³-hybridized carbons (Fsp3) is 0.158. The molecule has 0 unspecified atom stereocenters. The van der Waals surface area contributed by atoms with E-state index in [4.69, 9.17) is 0 Å². The van der Waals surface area contributed by atoms with Gasteiger partial charge in [-0.2, -0.15) is 0 Å².